The summed E-state index contributed by atoms with van der Waals surface area (Å²) < 4.78 is 0. The van der Waals surface area contributed by atoms with E-state index in [1.807, 2.05) is 0 Å². The van der Waals surface area contributed by atoms with Crippen LogP contribution in [0.1, 0.15) is 11.3 Å². The van der Waals surface area contributed by atoms with Crippen LogP contribution >= 0.6 is 0 Å². The normalized spacial score (nSPS) is 11.8. The van der Waals surface area contributed by atoms with Crippen LogP contribution in [0.25, 0.3) is 10.9 Å². The maximum absolute atomic E-state index is 3.43. The van der Waals surface area contributed by atoms with Crippen LogP contribution in [0.4, 0.5) is 0 Å². The first-order valence-electron chi connectivity index (χ1n) is 4.53. The molecule has 0 spiro atoms. The third-order valence-corrected chi connectivity index (χ3v) is 3.86. The van der Waals surface area contributed by atoms with E-state index in [0.717, 1.165) is 0 Å². The van der Waals surface area contributed by atoms with Gasteiger partial charge in [0.1, 0.15) is 0 Å². The van der Waals surface area contributed by atoms with Crippen molar-refractivity contribution in [1.29, 1.82) is 0 Å². The zero-order chi connectivity index (χ0) is 9.26. The minimum absolute atomic E-state index is 0.225. The summed E-state index contributed by atoms with van der Waals surface area (Å²) in [5.74, 6) is 0. The van der Waals surface area contributed by atoms with Crippen molar-refractivity contribution in [3.05, 3.63) is 35.5 Å². The molecular weight excluding hydrogens is 221 g/mol. The van der Waals surface area contributed by atoms with Crippen LogP contribution < -0.4 is 0 Å². The van der Waals surface area contributed by atoms with Crippen molar-refractivity contribution in [2.24, 2.45) is 0 Å². The number of hydrogen-bond donors (Lipinski definition) is 1. The Labute approximate surface area is 85.2 Å². The van der Waals surface area contributed by atoms with Crippen molar-refractivity contribution in [2.45, 2.75) is 17.8 Å². The predicted octanol–water partition coefficient (Wildman–Crippen LogP) is 2.46. The first-order chi connectivity index (χ1) is 6.33. The van der Waals surface area contributed by atoms with Crippen molar-refractivity contribution in [2.75, 3.05) is 0 Å². The van der Waals surface area contributed by atoms with E-state index in [1.165, 1.54) is 27.4 Å². The van der Waals surface area contributed by atoms with E-state index < -0.39 is 0 Å². The molecule has 1 heterocycles. The number of aromatic nitrogens is 1. The first-order valence-corrected chi connectivity index (χ1v) is 8.12. The van der Waals surface area contributed by atoms with Crippen molar-refractivity contribution < 1.29 is 0 Å². The van der Waals surface area contributed by atoms with Crippen molar-refractivity contribution in [3.63, 3.8) is 0 Å². The van der Waals surface area contributed by atoms with E-state index in [4.69, 9.17) is 0 Å². The van der Waals surface area contributed by atoms with Crippen LogP contribution in [-0.4, -0.2) is 20.7 Å². The molecule has 0 radical (unpaired) electrons. The van der Waals surface area contributed by atoms with E-state index in [2.05, 4.69) is 41.9 Å². The molecule has 2 aromatic rings. The molecule has 1 aromatic carbocycles. The molecule has 68 valence electrons. The zero-order valence-corrected chi connectivity index (χ0v) is 10.1. The molecule has 2 heteroatoms. The molecule has 2 rings (SSSR count). The Hall–Kier alpha value is -0.682. The second-order valence-electron chi connectivity index (χ2n) is 3.30. The summed E-state index contributed by atoms with van der Waals surface area (Å²) >= 11 is 0.225. The quantitative estimate of drug-likeness (QED) is 0.769. The van der Waals surface area contributed by atoms with Gasteiger partial charge in [-0.1, -0.05) is 0 Å². The van der Waals surface area contributed by atoms with Gasteiger partial charge < -0.3 is 0 Å². The van der Waals surface area contributed by atoms with Crippen LogP contribution in [0, 0.1) is 6.92 Å². The Morgan fingerprint density at radius 3 is 2.85 bits per heavy atom. The van der Waals surface area contributed by atoms with Gasteiger partial charge in [-0.2, -0.15) is 0 Å². The number of H-pyrrole nitrogens is 1. The van der Waals surface area contributed by atoms with Gasteiger partial charge in [0.05, 0.1) is 0 Å². The fraction of sp³-hybridized carbons (Fsp3) is 0.273. The van der Waals surface area contributed by atoms with E-state index in [0.29, 0.717) is 0 Å². The molecule has 0 aliphatic carbocycles. The number of para-hydroxylation sites is 1. The number of benzene rings is 1. The van der Waals surface area contributed by atoms with E-state index in [9.17, 15) is 0 Å². The molecule has 1 unspecified atom stereocenters. The number of fused-ring (bicyclic) bond motifs is 1. The number of hydrogen-bond acceptors (Lipinski definition) is 0. The van der Waals surface area contributed by atoms with Crippen molar-refractivity contribution in [1.82, 2.24) is 4.98 Å². The number of aromatic amines is 1. The second kappa shape index (κ2) is 3.59. The Balaban J connectivity index is 2.64. The Morgan fingerprint density at radius 1 is 1.31 bits per heavy atom. The average molecular weight is 235 g/mol. The monoisotopic (exact) mass is 235 g/mol. The molecule has 1 atom stereocenters. The summed E-state index contributed by atoms with van der Waals surface area (Å²) in [7, 11) is 0. The summed E-state index contributed by atoms with van der Waals surface area (Å²) in [5, 5.41) is 2.72. The molecule has 13 heavy (non-hydrogen) atoms. The summed E-state index contributed by atoms with van der Waals surface area (Å²) in [5.41, 5.74) is 6.53. The number of rotatable bonds is 2. The van der Waals surface area contributed by atoms with Gasteiger partial charge in [-0.15, -0.1) is 0 Å². The molecule has 0 amide bonds. The summed E-state index contributed by atoms with van der Waals surface area (Å²) in [6, 6.07) is 8.58. The van der Waals surface area contributed by atoms with Gasteiger partial charge in [0.15, 0.2) is 0 Å². The van der Waals surface area contributed by atoms with Gasteiger partial charge in [0.2, 0.25) is 0 Å². The van der Waals surface area contributed by atoms with Gasteiger partial charge in [-0.25, -0.2) is 0 Å². The summed E-state index contributed by atoms with van der Waals surface area (Å²) in [6.07, 6.45) is 0. The van der Waals surface area contributed by atoms with Crippen molar-refractivity contribution in [3.8, 4) is 0 Å². The topological polar surface area (TPSA) is 15.8 Å². The minimum atomic E-state index is 0.225. The molecule has 1 N–H and O–H groups in total. The van der Waals surface area contributed by atoms with Crippen LogP contribution in [0.15, 0.2) is 24.3 Å². The Kier molecular flexibility index (Phi) is 2.46. The molecule has 0 saturated carbocycles. The molecule has 0 bridgehead atoms. The Bertz CT molecular complexity index is 417. The third-order valence-electron chi connectivity index (χ3n) is 2.38. The first kappa shape index (κ1) is 8.90. The standard InChI is InChI=1S/C11H14AsN/c1-8-10(7-12-2)9-5-3-4-6-11(9)13-8/h3-6,12-13H,7H2,1-2H3. The molecule has 0 fully saturated rings. The second-order valence-corrected chi connectivity index (χ2v) is 5.53. The molecule has 0 aliphatic rings. The molecule has 1 aromatic heterocycles. The molecular formula is C11H14AsN. The summed E-state index contributed by atoms with van der Waals surface area (Å²) in [4.78, 5) is 3.43. The van der Waals surface area contributed by atoms with E-state index >= 15 is 0 Å². The zero-order valence-electron chi connectivity index (χ0n) is 8.02. The van der Waals surface area contributed by atoms with E-state index in [-0.39, 0.29) is 15.8 Å². The fourth-order valence-corrected chi connectivity index (χ4v) is 3.44. The maximum atomic E-state index is 3.43. The predicted molar refractivity (Wildman–Crippen MR) is 59.8 cm³/mol. The molecule has 0 saturated heterocycles. The van der Waals surface area contributed by atoms with Crippen LogP contribution in [0.2, 0.25) is 5.71 Å². The SMILES string of the molecule is C[AsH]Cc1c(C)[nH]c2ccccc12. The van der Waals surface area contributed by atoms with Crippen LogP contribution in [-0.2, 0) is 5.21 Å². The third kappa shape index (κ3) is 1.53. The number of nitrogens with one attached hydrogen (secondary N) is 1. The van der Waals surface area contributed by atoms with Crippen LogP contribution in [0.3, 0.4) is 0 Å². The van der Waals surface area contributed by atoms with E-state index in [1.54, 1.807) is 0 Å². The summed E-state index contributed by atoms with van der Waals surface area (Å²) in [6.45, 7) is 2.18. The molecule has 0 aliphatic heterocycles. The number of aryl methyl sites for hydroxylation is 1. The fourth-order valence-electron chi connectivity index (χ4n) is 1.74. The van der Waals surface area contributed by atoms with Gasteiger partial charge in [-0.3, -0.25) is 0 Å². The molecule has 1 nitrogen and oxygen atoms in total. The van der Waals surface area contributed by atoms with Gasteiger partial charge in [0, 0.05) is 0 Å². The van der Waals surface area contributed by atoms with Gasteiger partial charge in [-0.05, 0) is 0 Å². The van der Waals surface area contributed by atoms with Crippen molar-refractivity contribution >= 4 is 26.7 Å². The van der Waals surface area contributed by atoms with Gasteiger partial charge in [0.25, 0.3) is 0 Å². The van der Waals surface area contributed by atoms with Gasteiger partial charge >= 0.3 is 85.0 Å². The Morgan fingerprint density at radius 2 is 2.08 bits per heavy atom. The average Bonchev–Trinajstić information content (AvgIpc) is 2.44. The van der Waals surface area contributed by atoms with Crippen LogP contribution in [0.5, 0.6) is 0 Å².